The van der Waals surface area contributed by atoms with Crippen LogP contribution in [0.1, 0.15) is 17.0 Å². The minimum Gasteiger partial charge on any atom is -0.502 e. The summed E-state index contributed by atoms with van der Waals surface area (Å²) in [6, 6.07) is 5.88. The summed E-state index contributed by atoms with van der Waals surface area (Å²) >= 11 is 0. The normalized spacial score (nSPS) is 11.2. The van der Waals surface area contributed by atoms with Crippen molar-refractivity contribution in [1.29, 1.82) is 0 Å². The van der Waals surface area contributed by atoms with E-state index in [4.69, 9.17) is 0 Å². The predicted octanol–water partition coefficient (Wildman–Crippen LogP) is 1.58. The summed E-state index contributed by atoms with van der Waals surface area (Å²) < 4.78 is 3.00. The van der Waals surface area contributed by atoms with Gasteiger partial charge in [0.25, 0.3) is 5.95 Å². The van der Waals surface area contributed by atoms with Crippen LogP contribution in [-0.2, 0) is 0 Å². The molecule has 0 aliphatic carbocycles. The van der Waals surface area contributed by atoms with E-state index in [1.807, 2.05) is 19.9 Å². The summed E-state index contributed by atoms with van der Waals surface area (Å²) in [6.45, 7) is 3.75. The largest absolute Gasteiger partial charge is 0.502 e. The van der Waals surface area contributed by atoms with Gasteiger partial charge in [0.05, 0.1) is 16.8 Å². The molecule has 2 heterocycles. The second-order valence-corrected chi connectivity index (χ2v) is 5.06. The van der Waals surface area contributed by atoms with Gasteiger partial charge in [0, 0.05) is 17.3 Å². The SMILES string of the molecule is Cc1cc(C)n(-c2nncn2/N=C/c2ccc(O)c([N+](=O)[O-])c2)n1. The van der Waals surface area contributed by atoms with Crippen molar-refractivity contribution in [3.8, 4) is 11.7 Å². The molecule has 0 saturated carbocycles. The Labute approximate surface area is 135 Å². The van der Waals surface area contributed by atoms with Crippen LogP contribution in [0, 0.1) is 24.0 Å². The molecule has 1 N–H and O–H groups in total. The zero-order chi connectivity index (χ0) is 17.3. The van der Waals surface area contributed by atoms with Crippen LogP contribution in [0.3, 0.4) is 0 Å². The molecule has 0 aliphatic rings. The molecule has 24 heavy (non-hydrogen) atoms. The van der Waals surface area contributed by atoms with Gasteiger partial charge in [0.1, 0.15) is 6.33 Å². The minimum absolute atomic E-state index is 0.388. The Bertz CT molecular complexity index is 942. The van der Waals surface area contributed by atoms with E-state index in [-0.39, 0.29) is 5.69 Å². The topological polar surface area (TPSA) is 124 Å². The van der Waals surface area contributed by atoms with Gasteiger partial charge in [-0.3, -0.25) is 10.1 Å². The summed E-state index contributed by atoms with van der Waals surface area (Å²) in [4.78, 5) is 10.2. The van der Waals surface area contributed by atoms with Gasteiger partial charge in [-0.05, 0) is 32.0 Å². The second-order valence-electron chi connectivity index (χ2n) is 5.06. The van der Waals surface area contributed by atoms with Crippen LogP contribution in [0.2, 0.25) is 0 Å². The fourth-order valence-electron chi connectivity index (χ4n) is 2.17. The number of rotatable bonds is 4. The fraction of sp³-hybridized carbons (Fsp3) is 0.143. The van der Waals surface area contributed by atoms with Gasteiger partial charge in [0.2, 0.25) is 0 Å². The number of phenols is 1. The lowest BCUT2D eigenvalue weighted by atomic mass is 10.2. The predicted molar refractivity (Wildman–Crippen MR) is 84.4 cm³/mol. The van der Waals surface area contributed by atoms with Crippen molar-refractivity contribution in [2.45, 2.75) is 13.8 Å². The molecule has 0 amide bonds. The zero-order valence-corrected chi connectivity index (χ0v) is 12.9. The van der Waals surface area contributed by atoms with Crippen LogP contribution in [0.25, 0.3) is 5.95 Å². The number of aryl methyl sites for hydroxylation is 2. The maximum atomic E-state index is 10.9. The molecule has 0 saturated heterocycles. The van der Waals surface area contributed by atoms with E-state index in [1.54, 1.807) is 4.68 Å². The lowest BCUT2D eigenvalue weighted by Gasteiger charge is -2.02. The van der Waals surface area contributed by atoms with Crippen molar-refractivity contribution >= 4 is 11.9 Å². The Kier molecular flexibility index (Phi) is 3.78. The molecule has 0 radical (unpaired) electrons. The van der Waals surface area contributed by atoms with E-state index >= 15 is 0 Å². The van der Waals surface area contributed by atoms with Gasteiger partial charge in [-0.15, -0.1) is 10.2 Å². The average molecular weight is 327 g/mol. The van der Waals surface area contributed by atoms with Crippen LogP contribution < -0.4 is 0 Å². The number of nitrogens with zero attached hydrogens (tertiary/aromatic N) is 7. The van der Waals surface area contributed by atoms with Crippen molar-refractivity contribution in [3.63, 3.8) is 0 Å². The highest BCUT2D eigenvalue weighted by atomic mass is 16.6. The van der Waals surface area contributed by atoms with E-state index in [0.717, 1.165) is 11.4 Å². The molecular weight excluding hydrogens is 314 g/mol. The lowest BCUT2D eigenvalue weighted by Crippen LogP contribution is -2.06. The molecule has 0 fully saturated rings. The molecule has 0 spiro atoms. The first-order valence-corrected chi connectivity index (χ1v) is 6.91. The number of nitro benzene ring substituents is 1. The first-order chi connectivity index (χ1) is 11.5. The summed E-state index contributed by atoms with van der Waals surface area (Å²) in [5, 5.41) is 36.6. The van der Waals surface area contributed by atoms with Gasteiger partial charge >= 0.3 is 5.69 Å². The van der Waals surface area contributed by atoms with Gasteiger partial charge in [-0.1, -0.05) is 0 Å². The molecule has 3 aromatic rings. The van der Waals surface area contributed by atoms with Crippen LogP contribution in [-0.4, -0.2) is 40.9 Å². The highest BCUT2D eigenvalue weighted by molar-refractivity contribution is 5.81. The van der Waals surface area contributed by atoms with Crippen molar-refractivity contribution in [3.05, 3.63) is 57.7 Å². The summed E-state index contributed by atoms with van der Waals surface area (Å²) in [5.74, 6) is -0.00472. The summed E-state index contributed by atoms with van der Waals surface area (Å²) in [7, 11) is 0. The Morgan fingerprint density at radius 3 is 2.79 bits per heavy atom. The number of benzene rings is 1. The Hall–Kier alpha value is -3.56. The third-order valence-electron chi connectivity index (χ3n) is 3.24. The number of aromatic nitrogens is 5. The maximum absolute atomic E-state index is 10.9. The van der Waals surface area contributed by atoms with E-state index in [0.29, 0.717) is 11.5 Å². The van der Waals surface area contributed by atoms with E-state index in [9.17, 15) is 15.2 Å². The minimum atomic E-state index is -0.660. The number of hydrogen-bond donors (Lipinski definition) is 1. The summed E-state index contributed by atoms with van der Waals surface area (Å²) in [5.41, 5.74) is 1.77. The number of aromatic hydroxyl groups is 1. The molecule has 0 unspecified atom stereocenters. The quantitative estimate of drug-likeness (QED) is 0.440. The molecule has 0 aliphatic heterocycles. The highest BCUT2D eigenvalue weighted by Gasteiger charge is 2.13. The van der Waals surface area contributed by atoms with Crippen LogP contribution >= 0.6 is 0 Å². The smallest absolute Gasteiger partial charge is 0.311 e. The molecular formula is C14H13N7O3. The van der Waals surface area contributed by atoms with Gasteiger partial charge in [0.15, 0.2) is 5.75 Å². The third-order valence-corrected chi connectivity index (χ3v) is 3.24. The van der Waals surface area contributed by atoms with Crippen LogP contribution in [0.5, 0.6) is 5.75 Å². The summed E-state index contributed by atoms with van der Waals surface area (Å²) in [6.07, 6.45) is 2.81. The molecule has 1 aromatic carbocycles. The first kappa shape index (κ1) is 15.3. The Morgan fingerprint density at radius 2 is 2.12 bits per heavy atom. The van der Waals surface area contributed by atoms with E-state index < -0.39 is 10.7 Å². The average Bonchev–Trinajstić information content (AvgIpc) is 3.11. The molecule has 10 heteroatoms. The van der Waals surface area contributed by atoms with Crippen molar-refractivity contribution in [2.24, 2.45) is 5.10 Å². The zero-order valence-electron chi connectivity index (χ0n) is 12.9. The monoisotopic (exact) mass is 327 g/mol. The Balaban J connectivity index is 1.94. The van der Waals surface area contributed by atoms with Crippen LogP contribution in [0.15, 0.2) is 35.7 Å². The number of hydrogen-bond acceptors (Lipinski definition) is 7. The Morgan fingerprint density at radius 1 is 1.33 bits per heavy atom. The lowest BCUT2D eigenvalue weighted by molar-refractivity contribution is -0.385. The fourth-order valence-corrected chi connectivity index (χ4v) is 2.17. The van der Waals surface area contributed by atoms with Gasteiger partial charge in [-0.25, -0.2) is 4.68 Å². The second kappa shape index (κ2) is 5.91. The van der Waals surface area contributed by atoms with Crippen LogP contribution in [0.4, 0.5) is 5.69 Å². The van der Waals surface area contributed by atoms with Crippen molar-refractivity contribution in [2.75, 3.05) is 0 Å². The molecule has 122 valence electrons. The molecule has 10 nitrogen and oxygen atoms in total. The molecule has 3 rings (SSSR count). The van der Waals surface area contributed by atoms with E-state index in [1.165, 1.54) is 35.4 Å². The third kappa shape index (κ3) is 2.84. The van der Waals surface area contributed by atoms with Crippen molar-refractivity contribution < 1.29 is 10.0 Å². The first-order valence-electron chi connectivity index (χ1n) is 6.91. The van der Waals surface area contributed by atoms with Crippen molar-refractivity contribution in [1.82, 2.24) is 24.7 Å². The number of nitro groups is 1. The molecule has 0 atom stereocenters. The van der Waals surface area contributed by atoms with Gasteiger partial charge < -0.3 is 5.11 Å². The standard InChI is InChI=1S/C14H13N7O3/c1-9-5-10(2)20(18-9)14-17-15-8-19(14)16-7-11-3-4-13(22)12(6-11)21(23)24/h3-8,22H,1-2H3/b16-7+. The number of phenolic OH excluding ortho intramolecular Hbond substituents is 1. The van der Waals surface area contributed by atoms with E-state index in [2.05, 4.69) is 20.4 Å². The maximum Gasteiger partial charge on any atom is 0.311 e. The highest BCUT2D eigenvalue weighted by Crippen LogP contribution is 2.25. The molecule has 2 aromatic heterocycles. The molecule has 0 bridgehead atoms. The van der Waals surface area contributed by atoms with Gasteiger partial charge in [-0.2, -0.15) is 14.9 Å².